The molecule has 9 nitrogen and oxygen atoms in total. The second kappa shape index (κ2) is 14.0. The van der Waals surface area contributed by atoms with Crippen molar-refractivity contribution in [3.8, 4) is 11.5 Å². The van der Waals surface area contributed by atoms with Crippen molar-refractivity contribution in [1.82, 2.24) is 10.2 Å². The molecule has 3 rings (SSSR count). The average molecular weight is 582 g/mol. The first-order chi connectivity index (χ1) is 19.5. The molecule has 0 aliphatic rings. The number of likely N-dealkylation sites (N-methyl/N-ethyl adjacent to an activating group) is 1. The highest BCUT2D eigenvalue weighted by Crippen LogP contribution is 2.34. The Labute approximate surface area is 243 Å². The molecule has 0 spiro atoms. The summed E-state index contributed by atoms with van der Waals surface area (Å²) in [6, 6.07) is 18.0. The van der Waals surface area contributed by atoms with Crippen molar-refractivity contribution in [3.63, 3.8) is 0 Å². The molecule has 0 heterocycles. The molecule has 0 aromatic heterocycles. The van der Waals surface area contributed by atoms with Crippen LogP contribution in [-0.4, -0.2) is 58.5 Å². The predicted octanol–water partition coefficient (Wildman–Crippen LogP) is 4.46. The number of aryl methyl sites for hydroxylation is 2. The molecule has 3 aromatic carbocycles. The van der Waals surface area contributed by atoms with Gasteiger partial charge in [0.1, 0.15) is 12.6 Å². The summed E-state index contributed by atoms with van der Waals surface area (Å²) in [5, 5.41) is 2.81. The minimum absolute atomic E-state index is 0.0338. The summed E-state index contributed by atoms with van der Waals surface area (Å²) in [6.45, 7) is 7.47. The number of nitrogens with zero attached hydrogens (tertiary/aromatic N) is 2. The summed E-state index contributed by atoms with van der Waals surface area (Å²) in [6.07, 6.45) is 0.352. The standard InChI is InChI=1S/C31H39N3O6S/c1-7-27(31(36)32-8-2)33(20-24-13-9-22(3)10-14-24)30(35)21-34(25-15-18-28(39-5)29(19-25)40-6)41(37,38)26-16-11-23(4)12-17-26/h9-19,27H,7-8,20-21H2,1-6H3,(H,32,36)/t27-/m1/s1. The Balaban J connectivity index is 2.11. The first kappa shape index (κ1) is 31.5. The molecule has 0 unspecified atom stereocenters. The largest absolute Gasteiger partial charge is 0.493 e. The van der Waals surface area contributed by atoms with Crippen LogP contribution in [0.1, 0.15) is 37.0 Å². The van der Waals surface area contributed by atoms with Gasteiger partial charge in [0.05, 0.1) is 24.8 Å². The van der Waals surface area contributed by atoms with E-state index >= 15 is 0 Å². The van der Waals surface area contributed by atoms with Crippen molar-refractivity contribution in [3.05, 3.63) is 83.4 Å². The van der Waals surface area contributed by atoms with Crippen molar-refractivity contribution < 1.29 is 27.5 Å². The van der Waals surface area contributed by atoms with Gasteiger partial charge in [-0.1, -0.05) is 54.4 Å². The van der Waals surface area contributed by atoms with Crippen LogP contribution in [0.25, 0.3) is 0 Å². The molecule has 0 fully saturated rings. The number of hydrogen-bond acceptors (Lipinski definition) is 6. The summed E-state index contributed by atoms with van der Waals surface area (Å²) in [5.41, 5.74) is 3.00. The second-order valence-corrected chi connectivity index (χ2v) is 11.6. The molecule has 0 aliphatic carbocycles. The van der Waals surface area contributed by atoms with Crippen LogP contribution in [-0.2, 0) is 26.2 Å². The molecule has 0 bridgehead atoms. The maximum atomic E-state index is 14.1. The van der Waals surface area contributed by atoms with E-state index in [0.717, 1.165) is 21.0 Å². The van der Waals surface area contributed by atoms with Crippen LogP contribution in [0.5, 0.6) is 11.5 Å². The zero-order valence-electron chi connectivity index (χ0n) is 24.5. The van der Waals surface area contributed by atoms with E-state index in [0.29, 0.717) is 24.5 Å². The molecule has 1 atom stereocenters. The molecule has 2 amide bonds. The number of rotatable bonds is 13. The van der Waals surface area contributed by atoms with E-state index in [2.05, 4.69) is 5.32 Å². The van der Waals surface area contributed by atoms with Crippen LogP contribution < -0.4 is 19.1 Å². The molecule has 0 saturated heterocycles. The van der Waals surface area contributed by atoms with Crippen LogP contribution in [0, 0.1) is 13.8 Å². The van der Waals surface area contributed by atoms with E-state index in [-0.39, 0.29) is 23.0 Å². The monoisotopic (exact) mass is 581 g/mol. The number of benzene rings is 3. The first-order valence-electron chi connectivity index (χ1n) is 13.5. The molecule has 0 radical (unpaired) electrons. The van der Waals surface area contributed by atoms with Gasteiger partial charge in [-0.2, -0.15) is 0 Å². The minimum atomic E-state index is -4.20. The Morgan fingerprint density at radius 1 is 0.854 bits per heavy atom. The zero-order valence-corrected chi connectivity index (χ0v) is 25.3. The van der Waals surface area contributed by atoms with Gasteiger partial charge in [-0.15, -0.1) is 0 Å². The molecule has 0 saturated carbocycles. The quantitative estimate of drug-likeness (QED) is 0.320. The van der Waals surface area contributed by atoms with Crippen molar-refractivity contribution in [2.24, 2.45) is 0 Å². The fourth-order valence-corrected chi connectivity index (χ4v) is 5.85. The Morgan fingerprint density at radius 3 is 1.98 bits per heavy atom. The topological polar surface area (TPSA) is 105 Å². The number of carbonyl (C=O) groups is 2. The Bertz CT molecular complexity index is 1440. The van der Waals surface area contributed by atoms with Gasteiger partial charge in [-0.3, -0.25) is 13.9 Å². The van der Waals surface area contributed by atoms with Gasteiger partial charge < -0.3 is 19.7 Å². The van der Waals surface area contributed by atoms with Gasteiger partial charge in [-0.25, -0.2) is 8.42 Å². The highest BCUT2D eigenvalue weighted by atomic mass is 32.2. The van der Waals surface area contributed by atoms with E-state index in [1.165, 1.54) is 37.3 Å². The maximum Gasteiger partial charge on any atom is 0.264 e. The lowest BCUT2D eigenvalue weighted by Crippen LogP contribution is -2.52. The summed E-state index contributed by atoms with van der Waals surface area (Å²) < 4.78 is 39.9. The van der Waals surface area contributed by atoms with Gasteiger partial charge in [-0.05, 0) is 57.0 Å². The van der Waals surface area contributed by atoms with Crippen LogP contribution in [0.2, 0.25) is 0 Å². The lowest BCUT2D eigenvalue weighted by Gasteiger charge is -2.33. The van der Waals surface area contributed by atoms with Crippen molar-refractivity contribution in [1.29, 1.82) is 0 Å². The number of hydrogen-bond donors (Lipinski definition) is 1. The third-order valence-electron chi connectivity index (χ3n) is 6.75. The average Bonchev–Trinajstić information content (AvgIpc) is 2.96. The fraction of sp³-hybridized carbons (Fsp3) is 0.355. The van der Waals surface area contributed by atoms with Crippen LogP contribution in [0.3, 0.4) is 0 Å². The van der Waals surface area contributed by atoms with Crippen LogP contribution >= 0.6 is 0 Å². The van der Waals surface area contributed by atoms with Gasteiger partial charge in [0.15, 0.2) is 11.5 Å². The summed E-state index contributed by atoms with van der Waals surface area (Å²) in [5.74, 6) is -0.0889. The molecular formula is C31H39N3O6S. The normalized spacial score (nSPS) is 11.9. The lowest BCUT2D eigenvalue weighted by atomic mass is 10.1. The Morgan fingerprint density at radius 2 is 1.44 bits per heavy atom. The van der Waals surface area contributed by atoms with E-state index < -0.39 is 28.5 Å². The molecule has 1 N–H and O–H groups in total. The zero-order chi connectivity index (χ0) is 30.2. The number of nitrogens with one attached hydrogen (secondary N) is 1. The number of ether oxygens (including phenoxy) is 2. The molecular weight excluding hydrogens is 542 g/mol. The van der Waals surface area contributed by atoms with Crippen molar-refractivity contribution in [2.45, 2.75) is 51.6 Å². The highest BCUT2D eigenvalue weighted by Gasteiger charge is 2.34. The molecule has 41 heavy (non-hydrogen) atoms. The smallest absolute Gasteiger partial charge is 0.264 e. The van der Waals surface area contributed by atoms with Gasteiger partial charge in [0, 0.05) is 19.2 Å². The second-order valence-electron chi connectivity index (χ2n) is 9.69. The maximum absolute atomic E-state index is 14.1. The summed E-state index contributed by atoms with van der Waals surface area (Å²) in [4.78, 5) is 28.6. The fourth-order valence-electron chi connectivity index (χ4n) is 4.45. The predicted molar refractivity (Wildman–Crippen MR) is 160 cm³/mol. The highest BCUT2D eigenvalue weighted by molar-refractivity contribution is 7.92. The van der Waals surface area contributed by atoms with Gasteiger partial charge in [0.2, 0.25) is 11.8 Å². The van der Waals surface area contributed by atoms with E-state index in [1.807, 2.05) is 52.0 Å². The number of anilines is 1. The SMILES string of the molecule is CCNC(=O)[C@@H](CC)N(Cc1ccc(C)cc1)C(=O)CN(c1ccc(OC)c(OC)c1)S(=O)(=O)c1ccc(C)cc1. The lowest BCUT2D eigenvalue weighted by molar-refractivity contribution is -0.140. The Hall–Kier alpha value is -4.05. The van der Waals surface area contributed by atoms with Crippen LogP contribution in [0.4, 0.5) is 5.69 Å². The third-order valence-corrected chi connectivity index (χ3v) is 8.54. The first-order valence-corrected chi connectivity index (χ1v) is 14.9. The third kappa shape index (κ3) is 7.58. The summed E-state index contributed by atoms with van der Waals surface area (Å²) >= 11 is 0. The van der Waals surface area contributed by atoms with Crippen molar-refractivity contribution in [2.75, 3.05) is 31.6 Å². The van der Waals surface area contributed by atoms with E-state index in [4.69, 9.17) is 9.47 Å². The van der Waals surface area contributed by atoms with Gasteiger partial charge >= 0.3 is 0 Å². The number of sulfonamides is 1. The number of methoxy groups -OCH3 is 2. The number of carbonyl (C=O) groups excluding carboxylic acids is 2. The summed E-state index contributed by atoms with van der Waals surface area (Å²) in [7, 11) is -1.26. The molecule has 10 heteroatoms. The number of amides is 2. The van der Waals surface area contributed by atoms with E-state index in [1.54, 1.807) is 24.3 Å². The van der Waals surface area contributed by atoms with Crippen LogP contribution in [0.15, 0.2) is 71.6 Å². The molecule has 0 aliphatic heterocycles. The molecule has 3 aromatic rings. The van der Waals surface area contributed by atoms with Gasteiger partial charge in [0.25, 0.3) is 10.0 Å². The molecule has 220 valence electrons. The van der Waals surface area contributed by atoms with E-state index in [9.17, 15) is 18.0 Å². The minimum Gasteiger partial charge on any atom is -0.493 e. The van der Waals surface area contributed by atoms with Crippen molar-refractivity contribution >= 4 is 27.5 Å². The Kier molecular flexibility index (Phi) is 10.8.